The highest BCUT2D eigenvalue weighted by atomic mass is 32.2. The Morgan fingerprint density at radius 1 is 0.897 bits per heavy atom. The molecule has 0 aromatic heterocycles. The average molecular weight is 469 g/mol. The SMILES string of the molecule is CC.CC.CCC[N+]1(C)CCN(SC(F)(F)C(F)(OF)C(F)(F)C(F)(F)F)CC1. The molecule has 0 saturated carbocycles. The molecule has 0 aliphatic carbocycles. The summed E-state index contributed by atoms with van der Waals surface area (Å²) in [5, 5.41) is -5.52. The van der Waals surface area contributed by atoms with Crippen molar-refractivity contribution in [2.24, 2.45) is 0 Å². The number of rotatable bonds is 7. The summed E-state index contributed by atoms with van der Waals surface area (Å²) >= 11 is -0.914. The van der Waals surface area contributed by atoms with Crippen LogP contribution in [0.25, 0.3) is 0 Å². The highest BCUT2D eigenvalue weighted by Crippen LogP contribution is 2.57. The molecule has 1 aliphatic heterocycles. The fourth-order valence-electron chi connectivity index (χ4n) is 2.46. The number of hydrogen-bond donors (Lipinski definition) is 0. The van der Waals surface area contributed by atoms with Gasteiger partial charge >= 0.3 is 23.2 Å². The zero-order chi connectivity index (χ0) is 23.7. The van der Waals surface area contributed by atoms with Crippen LogP contribution in [-0.2, 0) is 4.94 Å². The smallest absolute Gasteiger partial charge is 0.324 e. The molecule has 0 N–H and O–H groups in total. The van der Waals surface area contributed by atoms with Crippen molar-refractivity contribution in [3.8, 4) is 0 Å². The van der Waals surface area contributed by atoms with Crippen molar-refractivity contribution >= 4 is 11.9 Å². The molecule has 0 bridgehead atoms. The first-order chi connectivity index (χ1) is 13.2. The van der Waals surface area contributed by atoms with Crippen LogP contribution in [-0.4, -0.2) is 71.8 Å². The summed E-state index contributed by atoms with van der Waals surface area (Å²) in [7, 11) is 1.82. The van der Waals surface area contributed by atoms with E-state index in [1.807, 2.05) is 46.6 Å². The molecule has 0 aromatic carbocycles. The molecular weight excluding hydrogens is 439 g/mol. The maximum atomic E-state index is 13.8. The van der Waals surface area contributed by atoms with E-state index in [1.54, 1.807) is 0 Å². The summed E-state index contributed by atoms with van der Waals surface area (Å²) in [5.41, 5.74) is 0. The van der Waals surface area contributed by atoms with Gasteiger partial charge in [-0.1, -0.05) is 34.6 Å². The van der Waals surface area contributed by atoms with E-state index >= 15 is 0 Å². The van der Waals surface area contributed by atoms with E-state index in [4.69, 9.17) is 0 Å². The second-order valence-electron chi connectivity index (χ2n) is 6.07. The van der Waals surface area contributed by atoms with Crippen molar-refractivity contribution in [3.63, 3.8) is 0 Å². The number of nitrogens with zero attached hydrogens (tertiary/aromatic N) is 2. The first-order valence-electron chi connectivity index (χ1n) is 9.24. The second-order valence-corrected chi connectivity index (χ2v) is 7.28. The predicted octanol–water partition coefficient (Wildman–Crippen LogP) is 6.22. The lowest BCUT2D eigenvalue weighted by molar-refractivity contribution is -0.912. The molecule has 1 atom stereocenters. The van der Waals surface area contributed by atoms with Gasteiger partial charge in [-0.3, -0.25) is 0 Å². The molecule has 0 amide bonds. The van der Waals surface area contributed by atoms with Gasteiger partial charge in [-0.2, -0.15) is 35.1 Å². The van der Waals surface area contributed by atoms with Gasteiger partial charge < -0.3 is 4.48 Å². The molecule has 1 unspecified atom stereocenters. The van der Waals surface area contributed by atoms with E-state index in [0.29, 0.717) is 24.1 Å². The van der Waals surface area contributed by atoms with Gasteiger partial charge in [0.25, 0.3) is 0 Å². The van der Waals surface area contributed by atoms with Crippen LogP contribution in [0.2, 0.25) is 0 Å². The fourth-order valence-corrected chi connectivity index (χ4v) is 3.41. The molecule has 1 rings (SSSR count). The fraction of sp³-hybridized carbons (Fsp3) is 1.00. The third-order valence-electron chi connectivity index (χ3n) is 4.03. The quantitative estimate of drug-likeness (QED) is 0.250. The molecule has 29 heavy (non-hydrogen) atoms. The van der Waals surface area contributed by atoms with E-state index in [0.717, 1.165) is 10.7 Å². The van der Waals surface area contributed by atoms with Crippen LogP contribution < -0.4 is 0 Å². The van der Waals surface area contributed by atoms with Gasteiger partial charge in [0.15, 0.2) is 0 Å². The monoisotopic (exact) mass is 469 g/mol. The molecule has 3 nitrogen and oxygen atoms in total. The van der Waals surface area contributed by atoms with E-state index in [-0.39, 0.29) is 13.1 Å². The summed E-state index contributed by atoms with van der Waals surface area (Å²) in [5.74, 6) is -12.9. The molecular formula is C16H30F9N2OS+. The van der Waals surface area contributed by atoms with Crippen molar-refractivity contribution < 1.29 is 49.1 Å². The van der Waals surface area contributed by atoms with E-state index in [9.17, 15) is 39.6 Å². The number of piperazine rings is 1. The van der Waals surface area contributed by atoms with Crippen LogP contribution in [0.4, 0.5) is 39.6 Å². The van der Waals surface area contributed by atoms with Crippen molar-refractivity contribution in [2.75, 3.05) is 39.8 Å². The molecule has 1 fully saturated rings. The summed E-state index contributed by atoms with van der Waals surface area (Å²) in [4.78, 5) is 1.88. The number of quaternary nitrogens is 1. The molecule has 0 spiro atoms. The van der Waals surface area contributed by atoms with Crippen LogP contribution in [0.1, 0.15) is 41.0 Å². The van der Waals surface area contributed by atoms with E-state index in [2.05, 4.69) is 0 Å². The van der Waals surface area contributed by atoms with Gasteiger partial charge in [0.05, 0.1) is 39.8 Å². The van der Waals surface area contributed by atoms with Crippen LogP contribution in [0.5, 0.6) is 0 Å². The van der Waals surface area contributed by atoms with Crippen molar-refractivity contribution in [3.05, 3.63) is 0 Å². The van der Waals surface area contributed by atoms with Crippen molar-refractivity contribution in [1.82, 2.24) is 4.31 Å². The van der Waals surface area contributed by atoms with Gasteiger partial charge in [0, 0.05) is 11.9 Å². The second kappa shape index (κ2) is 11.8. The molecule has 178 valence electrons. The van der Waals surface area contributed by atoms with Gasteiger partial charge in [0.1, 0.15) is 0 Å². The van der Waals surface area contributed by atoms with Crippen molar-refractivity contribution in [1.29, 1.82) is 0 Å². The van der Waals surface area contributed by atoms with Gasteiger partial charge in [0.2, 0.25) is 0 Å². The summed E-state index contributed by atoms with van der Waals surface area (Å²) in [6.07, 6.45) is -5.97. The average Bonchev–Trinajstić information content (AvgIpc) is 2.65. The van der Waals surface area contributed by atoms with Crippen LogP contribution in [0.3, 0.4) is 0 Å². The maximum absolute atomic E-state index is 13.8. The number of hydrogen-bond acceptors (Lipinski definition) is 3. The number of alkyl halides is 8. The lowest BCUT2D eigenvalue weighted by atomic mass is 10.1. The van der Waals surface area contributed by atoms with Crippen LogP contribution in [0.15, 0.2) is 0 Å². The minimum atomic E-state index is -6.77. The van der Waals surface area contributed by atoms with Crippen LogP contribution >= 0.6 is 11.9 Å². The normalized spacial score (nSPS) is 20.0. The molecule has 1 saturated heterocycles. The highest BCUT2D eigenvalue weighted by molar-refractivity contribution is 7.98. The Labute approximate surface area is 170 Å². The molecule has 13 heteroatoms. The number of likely N-dealkylation sites (N-methyl/N-ethyl adjacent to an activating group) is 1. The number of halogens is 9. The predicted molar refractivity (Wildman–Crippen MR) is 94.9 cm³/mol. The molecule has 1 aliphatic rings. The highest BCUT2D eigenvalue weighted by Gasteiger charge is 2.83. The first kappa shape index (κ1) is 30.8. The van der Waals surface area contributed by atoms with Gasteiger partial charge in [-0.05, 0) is 10.9 Å². The Kier molecular flexibility index (Phi) is 12.6. The van der Waals surface area contributed by atoms with Gasteiger partial charge in [-0.15, -0.1) is 4.94 Å². The first-order valence-corrected chi connectivity index (χ1v) is 10.0. The minimum Gasteiger partial charge on any atom is -0.324 e. The molecule has 0 radical (unpaired) electrons. The lowest BCUT2D eigenvalue weighted by Gasteiger charge is -2.43. The lowest BCUT2D eigenvalue weighted by Crippen LogP contribution is -2.64. The third-order valence-corrected chi connectivity index (χ3v) is 5.14. The standard InChI is InChI=1S/C12H18F9N2OS.2C2H6/c1-3-6-23(2)7-4-22(5-8-23)25-12(19,20)10(15,24-21)9(13,14)11(16,17)18;2*1-2/h3-8H2,1-2H3;2*1-2H3/q+1;;. The van der Waals surface area contributed by atoms with Gasteiger partial charge in [-0.25, -0.2) is 4.31 Å². The zero-order valence-corrected chi connectivity index (χ0v) is 18.2. The molecule has 0 aromatic rings. The van der Waals surface area contributed by atoms with Crippen molar-refractivity contribution in [2.45, 2.75) is 64.2 Å². The largest absolute Gasteiger partial charge is 0.459 e. The Morgan fingerprint density at radius 3 is 1.62 bits per heavy atom. The Morgan fingerprint density at radius 2 is 1.31 bits per heavy atom. The maximum Gasteiger partial charge on any atom is 0.459 e. The Hall–Kier alpha value is -0.400. The van der Waals surface area contributed by atoms with Crippen LogP contribution in [0, 0.1) is 0 Å². The third kappa shape index (κ3) is 7.06. The summed E-state index contributed by atoms with van der Waals surface area (Å²) < 4.78 is 118. The van der Waals surface area contributed by atoms with E-state index < -0.39 is 35.2 Å². The topological polar surface area (TPSA) is 12.5 Å². The zero-order valence-electron chi connectivity index (χ0n) is 17.4. The van der Waals surface area contributed by atoms with E-state index in [1.165, 1.54) is 0 Å². The summed E-state index contributed by atoms with van der Waals surface area (Å²) in [6, 6.07) is 0. The Balaban J connectivity index is 0. The molecule has 1 heterocycles. The summed E-state index contributed by atoms with van der Waals surface area (Å²) in [6.45, 7) is 10.9. The Bertz CT molecular complexity index is 458. The minimum absolute atomic E-state index is 0.128.